The van der Waals surface area contributed by atoms with E-state index < -0.39 is 5.97 Å². The zero-order valence-corrected chi connectivity index (χ0v) is 21.9. The molecule has 5 rings (SSSR count). The molecule has 8 heteroatoms. The number of carboxylic acid groups (broad SMARTS) is 1. The quantitative estimate of drug-likeness (QED) is 0.214. The molecule has 2 aromatic heterocycles. The molecule has 3 aromatic carbocycles. The molecule has 0 aliphatic rings. The molecule has 0 fully saturated rings. The number of pyridine rings is 1. The second-order valence-electron chi connectivity index (χ2n) is 8.64. The Hall–Kier alpha value is -4.13. The van der Waals surface area contributed by atoms with Crippen LogP contribution in [0, 0.1) is 0 Å². The number of carbonyl (C=O) groups is 1. The Morgan fingerprint density at radius 3 is 2.26 bits per heavy atom. The molecule has 2 heterocycles. The van der Waals surface area contributed by atoms with E-state index >= 15 is 0 Å². The SMILES string of the molecule is CCn1cc(-c2ccc(Cl)cc2Cl)nc1Cc1ccc(-c2ccc(Oc3ccc(C(=O)O)cn3)cc2)cc1. The fraction of sp³-hybridized carbons (Fsp3) is 0.100. The standard InChI is InChI=1S/C30H23Cl2N3O3/c1-2-35-18-27(25-13-10-23(31)16-26(25)32)34-28(35)15-19-3-5-20(6-4-19)21-7-11-24(12-8-21)38-29-14-9-22(17-33-29)30(36)37/h3-14,16-18H,2,15H2,1H3,(H,36,37). The van der Waals surface area contributed by atoms with Crippen LogP contribution in [0.2, 0.25) is 10.0 Å². The van der Waals surface area contributed by atoms with Crippen molar-refractivity contribution in [3.8, 4) is 34.0 Å². The first kappa shape index (κ1) is 25.5. The molecule has 0 aliphatic carbocycles. The number of hydrogen-bond donors (Lipinski definition) is 1. The molecule has 0 unspecified atom stereocenters. The van der Waals surface area contributed by atoms with Gasteiger partial charge in [-0.25, -0.2) is 14.8 Å². The number of imidazole rings is 1. The summed E-state index contributed by atoms with van der Waals surface area (Å²) in [4.78, 5) is 19.9. The summed E-state index contributed by atoms with van der Waals surface area (Å²) in [6.07, 6.45) is 3.99. The summed E-state index contributed by atoms with van der Waals surface area (Å²) in [5.74, 6) is 0.887. The van der Waals surface area contributed by atoms with E-state index in [1.54, 1.807) is 6.07 Å². The third-order valence-electron chi connectivity index (χ3n) is 6.12. The van der Waals surface area contributed by atoms with Crippen LogP contribution >= 0.6 is 23.2 Å². The fourth-order valence-electron chi connectivity index (χ4n) is 4.10. The number of ether oxygens (including phenoxy) is 1. The molecule has 6 nitrogen and oxygen atoms in total. The second-order valence-corrected chi connectivity index (χ2v) is 9.49. The normalized spacial score (nSPS) is 10.9. The summed E-state index contributed by atoms with van der Waals surface area (Å²) in [7, 11) is 0. The van der Waals surface area contributed by atoms with Crippen LogP contribution in [0.5, 0.6) is 11.6 Å². The Balaban J connectivity index is 1.28. The average Bonchev–Trinajstić information content (AvgIpc) is 3.32. The van der Waals surface area contributed by atoms with Crippen LogP contribution in [-0.4, -0.2) is 25.6 Å². The van der Waals surface area contributed by atoms with Crippen molar-refractivity contribution in [1.82, 2.24) is 14.5 Å². The Labute approximate surface area is 230 Å². The summed E-state index contributed by atoms with van der Waals surface area (Å²) in [5, 5.41) is 10.2. The molecule has 0 bridgehead atoms. The minimum Gasteiger partial charge on any atom is -0.478 e. The van der Waals surface area contributed by atoms with E-state index in [2.05, 4.69) is 40.7 Å². The highest BCUT2D eigenvalue weighted by atomic mass is 35.5. The van der Waals surface area contributed by atoms with Gasteiger partial charge < -0.3 is 14.4 Å². The molecule has 0 saturated heterocycles. The molecule has 0 radical (unpaired) electrons. The molecule has 5 aromatic rings. The highest BCUT2D eigenvalue weighted by Crippen LogP contribution is 2.31. The molecule has 0 saturated carbocycles. The number of benzene rings is 3. The Kier molecular flexibility index (Phi) is 7.45. The Bertz CT molecular complexity index is 1580. The summed E-state index contributed by atoms with van der Waals surface area (Å²) in [6.45, 7) is 2.90. The lowest BCUT2D eigenvalue weighted by Crippen LogP contribution is -2.01. The van der Waals surface area contributed by atoms with Gasteiger partial charge in [0.1, 0.15) is 11.6 Å². The van der Waals surface area contributed by atoms with Crippen molar-refractivity contribution >= 4 is 29.2 Å². The van der Waals surface area contributed by atoms with E-state index in [0.29, 0.717) is 28.1 Å². The van der Waals surface area contributed by atoms with E-state index in [0.717, 1.165) is 40.3 Å². The van der Waals surface area contributed by atoms with Crippen LogP contribution in [-0.2, 0) is 13.0 Å². The molecule has 0 atom stereocenters. The number of aromatic carboxylic acids is 1. The first-order chi connectivity index (χ1) is 18.4. The predicted molar refractivity (Wildman–Crippen MR) is 149 cm³/mol. The van der Waals surface area contributed by atoms with Crippen molar-refractivity contribution in [2.75, 3.05) is 0 Å². The largest absolute Gasteiger partial charge is 0.478 e. The second kappa shape index (κ2) is 11.1. The Morgan fingerprint density at radius 2 is 1.66 bits per heavy atom. The maximum atomic E-state index is 11.0. The lowest BCUT2D eigenvalue weighted by atomic mass is 10.0. The van der Waals surface area contributed by atoms with Crippen molar-refractivity contribution in [3.05, 3.63) is 118 Å². The molecular formula is C30H23Cl2N3O3. The number of nitrogens with zero attached hydrogens (tertiary/aromatic N) is 3. The van der Waals surface area contributed by atoms with Gasteiger partial charge in [-0.2, -0.15) is 0 Å². The first-order valence-corrected chi connectivity index (χ1v) is 12.7. The summed E-state index contributed by atoms with van der Waals surface area (Å²) in [5.41, 5.74) is 5.08. The number of halogens is 2. The van der Waals surface area contributed by atoms with Crippen LogP contribution in [0.1, 0.15) is 28.7 Å². The fourth-order valence-corrected chi connectivity index (χ4v) is 4.60. The van der Waals surface area contributed by atoms with Crippen LogP contribution < -0.4 is 4.74 Å². The van der Waals surface area contributed by atoms with Gasteiger partial charge in [0.15, 0.2) is 0 Å². The van der Waals surface area contributed by atoms with Gasteiger partial charge in [0.25, 0.3) is 0 Å². The third-order valence-corrected chi connectivity index (χ3v) is 6.66. The van der Waals surface area contributed by atoms with E-state index in [1.807, 2.05) is 42.6 Å². The zero-order valence-electron chi connectivity index (χ0n) is 20.4. The third kappa shape index (κ3) is 5.72. The number of hydrogen-bond acceptors (Lipinski definition) is 4. The van der Waals surface area contributed by atoms with Crippen LogP contribution in [0.3, 0.4) is 0 Å². The average molecular weight is 544 g/mol. The van der Waals surface area contributed by atoms with Crippen LogP contribution in [0.25, 0.3) is 22.4 Å². The molecule has 1 N–H and O–H groups in total. The maximum Gasteiger partial charge on any atom is 0.337 e. The number of aryl methyl sites for hydroxylation is 1. The van der Waals surface area contributed by atoms with Crippen LogP contribution in [0.15, 0.2) is 91.3 Å². The van der Waals surface area contributed by atoms with Gasteiger partial charge in [0.2, 0.25) is 5.88 Å². The Morgan fingerprint density at radius 1 is 0.947 bits per heavy atom. The lowest BCUT2D eigenvalue weighted by molar-refractivity contribution is 0.0696. The van der Waals surface area contributed by atoms with Gasteiger partial charge in [0.05, 0.1) is 16.3 Å². The zero-order chi connectivity index (χ0) is 26.6. The van der Waals surface area contributed by atoms with E-state index in [1.165, 1.54) is 18.3 Å². The molecule has 0 amide bonds. The molecular weight excluding hydrogens is 521 g/mol. The molecule has 0 aliphatic heterocycles. The van der Waals surface area contributed by atoms with E-state index in [-0.39, 0.29) is 5.56 Å². The summed E-state index contributed by atoms with van der Waals surface area (Å²) in [6, 6.07) is 24.5. The van der Waals surface area contributed by atoms with Gasteiger partial charge in [0, 0.05) is 42.0 Å². The topological polar surface area (TPSA) is 77.2 Å². The van der Waals surface area contributed by atoms with Crippen molar-refractivity contribution in [2.45, 2.75) is 19.9 Å². The predicted octanol–water partition coefficient (Wildman–Crippen LogP) is 8.02. The highest BCUT2D eigenvalue weighted by Gasteiger charge is 2.13. The molecule has 0 spiro atoms. The summed E-state index contributed by atoms with van der Waals surface area (Å²) >= 11 is 12.5. The van der Waals surface area contributed by atoms with Crippen LogP contribution in [0.4, 0.5) is 0 Å². The first-order valence-electron chi connectivity index (χ1n) is 12.0. The monoisotopic (exact) mass is 543 g/mol. The molecule has 38 heavy (non-hydrogen) atoms. The van der Waals surface area contributed by atoms with E-state index in [9.17, 15) is 4.79 Å². The van der Waals surface area contributed by atoms with Crippen molar-refractivity contribution < 1.29 is 14.6 Å². The van der Waals surface area contributed by atoms with Crippen molar-refractivity contribution in [3.63, 3.8) is 0 Å². The smallest absolute Gasteiger partial charge is 0.337 e. The van der Waals surface area contributed by atoms with Gasteiger partial charge in [-0.05, 0) is 60.0 Å². The lowest BCUT2D eigenvalue weighted by Gasteiger charge is -2.08. The maximum absolute atomic E-state index is 11.0. The van der Waals surface area contributed by atoms with Crippen molar-refractivity contribution in [1.29, 1.82) is 0 Å². The minimum atomic E-state index is -1.03. The van der Waals surface area contributed by atoms with Gasteiger partial charge >= 0.3 is 5.97 Å². The van der Waals surface area contributed by atoms with Crippen molar-refractivity contribution in [2.24, 2.45) is 0 Å². The number of aromatic nitrogens is 3. The minimum absolute atomic E-state index is 0.112. The summed E-state index contributed by atoms with van der Waals surface area (Å²) < 4.78 is 7.87. The number of rotatable bonds is 8. The van der Waals surface area contributed by atoms with Gasteiger partial charge in [-0.3, -0.25) is 0 Å². The van der Waals surface area contributed by atoms with Gasteiger partial charge in [-0.15, -0.1) is 0 Å². The molecule has 190 valence electrons. The highest BCUT2D eigenvalue weighted by molar-refractivity contribution is 6.36. The number of carboxylic acids is 1. The van der Waals surface area contributed by atoms with Gasteiger partial charge in [-0.1, -0.05) is 59.6 Å². The van der Waals surface area contributed by atoms with E-state index in [4.69, 9.17) is 38.0 Å².